The first kappa shape index (κ1) is 16.1. The molecular formula is C20H22FN3O. The Labute approximate surface area is 147 Å². The van der Waals surface area contributed by atoms with Gasteiger partial charge in [-0.25, -0.2) is 9.18 Å². The van der Waals surface area contributed by atoms with E-state index in [0.29, 0.717) is 6.54 Å². The van der Waals surface area contributed by atoms with E-state index in [1.54, 1.807) is 12.1 Å². The van der Waals surface area contributed by atoms with Crippen LogP contribution < -0.4 is 0 Å². The van der Waals surface area contributed by atoms with E-state index in [0.717, 1.165) is 38.3 Å². The second-order valence-electron chi connectivity index (χ2n) is 6.86. The van der Waals surface area contributed by atoms with E-state index in [1.165, 1.54) is 17.7 Å². The monoisotopic (exact) mass is 339 g/mol. The molecule has 0 N–H and O–H groups in total. The first-order valence-corrected chi connectivity index (χ1v) is 8.75. The van der Waals surface area contributed by atoms with Crippen LogP contribution >= 0.6 is 0 Å². The summed E-state index contributed by atoms with van der Waals surface area (Å²) in [6.07, 6.45) is 0. The molecule has 2 aliphatic heterocycles. The molecule has 0 aliphatic carbocycles. The van der Waals surface area contributed by atoms with Crippen LogP contribution in [-0.4, -0.2) is 53.0 Å². The molecule has 0 bridgehead atoms. The van der Waals surface area contributed by atoms with Crippen molar-refractivity contribution in [2.45, 2.75) is 19.1 Å². The number of amides is 2. The summed E-state index contributed by atoms with van der Waals surface area (Å²) >= 11 is 0. The van der Waals surface area contributed by atoms with Crippen molar-refractivity contribution in [3.8, 4) is 0 Å². The van der Waals surface area contributed by atoms with Crippen LogP contribution in [0.5, 0.6) is 0 Å². The Bertz CT molecular complexity index is 734. The molecule has 2 aliphatic rings. The summed E-state index contributed by atoms with van der Waals surface area (Å²) in [6.45, 7) is 4.79. The van der Waals surface area contributed by atoms with Crippen molar-refractivity contribution in [2.24, 2.45) is 0 Å². The Balaban J connectivity index is 1.38. The highest BCUT2D eigenvalue weighted by atomic mass is 19.1. The van der Waals surface area contributed by atoms with Gasteiger partial charge in [0.1, 0.15) is 5.82 Å². The molecule has 2 saturated heterocycles. The lowest BCUT2D eigenvalue weighted by Gasteiger charge is -2.36. The van der Waals surface area contributed by atoms with Gasteiger partial charge in [-0.1, -0.05) is 42.5 Å². The predicted octanol–water partition coefficient (Wildman–Crippen LogP) is 2.95. The van der Waals surface area contributed by atoms with Crippen molar-refractivity contribution in [2.75, 3.05) is 26.2 Å². The maximum absolute atomic E-state index is 13.0. The molecule has 2 fully saturated rings. The molecule has 5 heteroatoms. The Hall–Kier alpha value is -2.40. The summed E-state index contributed by atoms with van der Waals surface area (Å²) in [5, 5.41) is 0. The molecule has 2 aromatic carbocycles. The second-order valence-corrected chi connectivity index (χ2v) is 6.86. The van der Waals surface area contributed by atoms with E-state index in [-0.39, 0.29) is 17.9 Å². The summed E-state index contributed by atoms with van der Waals surface area (Å²) in [7, 11) is 0. The smallest absolute Gasteiger partial charge is 0.318 e. The van der Waals surface area contributed by atoms with E-state index in [4.69, 9.17) is 0 Å². The number of piperazine rings is 1. The Kier molecular flexibility index (Phi) is 4.40. The minimum absolute atomic E-state index is 0.105. The van der Waals surface area contributed by atoms with Crippen molar-refractivity contribution in [3.63, 3.8) is 0 Å². The molecule has 25 heavy (non-hydrogen) atoms. The standard InChI is InChI=1S/C20H22FN3O/c21-18-8-6-17(7-9-18)13-23-15-19-14-22(10-11-24(19)20(23)25)12-16-4-2-1-3-5-16/h1-9,19H,10-15H2. The highest BCUT2D eigenvalue weighted by Gasteiger charge is 2.40. The van der Waals surface area contributed by atoms with Crippen LogP contribution in [0.1, 0.15) is 11.1 Å². The van der Waals surface area contributed by atoms with Gasteiger partial charge in [-0.05, 0) is 23.3 Å². The lowest BCUT2D eigenvalue weighted by Crippen LogP contribution is -2.51. The van der Waals surface area contributed by atoms with Crippen molar-refractivity contribution in [1.82, 2.24) is 14.7 Å². The molecule has 0 radical (unpaired) electrons. The van der Waals surface area contributed by atoms with Crippen LogP contribution in [0.4, 0.5) is 9.18 Å². The van der Waals surface area contributed by atoms with Gasteiger partial charge in [0.25, 0.3) is 0 Å². The second kappa shape index (κ2) is 6.84. The van der Waals surface area contributed by atoms with Gasteiger partial charge in [-0.3, -0.25) is 4.90 Å². The predicted molar refractivity (Wildman–Crippen MR) is 94.4 cm³/mol. The fraction of sp³-hybridized carbons (Fsp3) is 0.350. The van der Waals surface area contributed by atoms with E-state index < -0.39 is 0 Å². The highest BCUT2D eigenvalue weighted by Crippen LogP contribution is 2.23. The maximum Gasteiger partial charge on any atom is 0.320 e. The third kappa shape index (κ3) is 3.51. The summed E-state index contributed by atoms with van der Waals surface area (Å²) in [4.78, 5) is 18.9. The lowest BCUT2D eigenvalue weighted by molar-refractivity contribution is 0.116. The summed E-state index contributed by atoms with van der Waals surface area (Å²) < 4.78 is 13.0. The molecular weight excluding hydrogens is 317 g/mol. The third-order valence-corrected chi connectivity index (χ3v) is 5.05. The van der Waals surface area contributed by atoms with E-state index in [9.17, 15) is 9.18 Å². The first-order valence-electron chi connectivity index (χ1n) is 8.75. The topological polar surface area (TPSA) is 26.8 Å². The van der Waals surface area contributed by atoms with Crippen LogP contribution in [0.25, 0.3) is 0 Å². The zero-order chi connectivity index (χ0) is 17.2. The SMILES string of the molecule is O=C1N(Cc2ccc(F)cc2)CC2CN(Cc3ccccc3)CCN12. The molecule has 4 nitrogen and oxygen atoms in total. The lowest BCUT2D eigenvalue weighted by atomic mass is 10.1. The van der Waals surface area contributed by atoms with E-state index >= 15 is 0 Å². The van der Waals surface area contributed by atoms with Crippen molar-refractivity contribution < 1.29 is 9.18 Å². The largest absolute Gasteiger partial charge is 0.320 e. The van der Waals surface area contributed by atoms with Gasteiger partial charge in [-0.2, -0.15) is 0 Å². The fourth-order valence-electron chi connectivity index (χ4n) is 3.77. The Morgan fingerprint density at radius 2 is 1.60 bits per heavy atom. The number of fused-ring (bicyclic) bond motifs is 1. The quantitative estimate of drug-likeness (QED) is 0.856. The number of carbonyl (C=O) groups is 1. The minimum Gasteiger partial charge on any atom is -0.318 e. The normalized spacial score (nSPS) is 20.8. The molecule has 0 saturated carbocycles. The number of benzene rings is 2. The zero-order valence-electron chi connectivity index (χ0n) is 14.1. The molecule has 0 aromatic heterocycles. The molecule has 130 valence electrons. The number of halogens is 1. The number of carbonyl (C=O) groups excluding carboxylic acids is 1. The Morgan fingerprint density at radius 1 is 0.880 bits per heavy atom. The van der Waals surface area contributed by atoms with Gasteiger partial charge < -0.3 is 9.80 Å². The van der Waals surface area contributed by atoms with Gasteiger partial charge in [0.15, 0.2) is 0 Å². The molecule has 2 aromatic rings. The minimum atomic E-state index is -0.245. The summed E-state index contributed by atoms with van der Waals surface area (Å²) in [5.74, 6) is -0.245. The number of hydrogen-bond donors (Lipinski definition) is 0. The molecule has 2 heterocycles. The molecule has 0 spiro atoms. The summed E-state index contributed by atoms with van der Waals surface area (Å²) in [5.41, 5.74) is 2.28. The molecule has 1 atom stereocenters. The molecule has 2 amide bonds. The Morgan fingerprint density at radius 3 is 2.36 bits per heavy atom. The van der Waals surface area contributed by atoms with Crippen molar-refractivity contribution >= 4 is 6.03 Å². The number of hydrogen-bond acceptors (Lipinski definition) is 2. The average molecular weight is 339 g/mol. The van der Waals surface area contributed by atoms with Gasteiger partial charge in [0, 0.05) is 39.3 Å². The maximum atomic E-state index is 13.0. The molecule has 1 unspecified atom stereocenters. The van der Waals surface area contributed by atoms with Crippen LogP contribution in [0.15, 0.2) is 54.6 Å². The van der Waals surface area contributed by atoms with Crippen LogP contribution in [0, 0.1) is 5.82 Å². The van der Waals surface area contributed by atoms with Crippen LogP contribution in [0.2, 0.25) is 0 Å². The van der Waals surface area contributed by atoms with Crippen LogP contribution in [0.3, 0.4) is 0 Å². The highest BCUT2D eigenvalue weighted by molar-refractivity contribution is 5.77. The van der Waals surface area contributed by atoms with Crippen molar-refractivity contribution in [3.05, 3.63) is 71.5 Å². The number of nitrogens with zero attached hydrogens (tertiary/aromatic N) is 3. The molecule has 4 rings (SSSR count). The third-order valence-electron chi connectivity index (χ3n) is 5.05. The van der Waals surface area contributed by atoms with Crippen molar-refractivity contribution in [1.29, 1.82) is 0 Å². The number of urea groups is 1. The zero-order valence-corrected chi connectivity index (χ0v) is 14.1. The van der Waals surface area contributed by atoms with E-state index in [2.05, 4.69) is 29.2 Å². The van der Waals surface area contributed by atoms with E-state index in [1.807, 2.05) is 15.9 Å². The average Bonchev–Trinajstić information content (AvgIpc) is 2.93. The first-order chi connectivity index (χ1) is 12.2. The van der Waals surface area contributed by atoms with Gasteiger partial charge in [0.2, 0.25) is 0 Å². The van der Waals surface area contributed by atoms with Gasteiger partial charge in [0.05, 0.1) is 6.04 Å². The fourth-order valence-corrected chi connectivity index (χ4v) is 3.77. The van der Waals surface area contributed by atoms with Gasteiger partial charge >= 0.3 is 6.03 Å². The van der Waals surface area contributed by atoms with Crippen LogP contribution in [-0.2, 0) is 13.1 Å². The summed E-state index contributed by atoms with van der Waals surface area (Å²) in [6, 6.07) is 17.2. The number of rotatable bonds is 4. The van der Waals surface area contributed by atoms with Gasteiger partial charge in [-0.15, -0.1) is 0 Å².